The molecule has 31 heavy (non-hydrogen) atoms. The summed E-state index contributed by atoms with van der Waals surface area (Å²) < 4.78 is 16.3. The van der Waals surface area contributed by atoms with Gasteiger partial charge in [0.2, 0.25) is 11.7 Å². The Labute approximate surface area is 181 Å². The summed E-state index contributed by atoms with van der Waals surface area (Å²) >= 11 is 0. The van der Waals surface area contributed by atoms with Gasteiger partial charge in [0.15, 0.2) is 0 Å². The van der Waals surface area contributed by atoms with Crippen molar-refractivity contribution in [1.82, 2.24) is 20.0 Å². The lowest BCUT2D eigenvalue weighted by Gasteiger charge is -2.30. The van der Waals surface area contributed by atoms with E-state index < -0.39 is 0 Å². The van der Waals surface area contributed by atoms with Gasteiger partial charge in [0, 0.05) is 17.1 Å². The molecule has 0 amide bonds. The highest BCUT2D eigenvalue weighted by molar-refractivity contribution is 5.85. The summed E-state index contributed by atoms with van der Waals surface area (Å²) in [5, 5.41) is 5.42. The molecule has 5 rings (SSSR count). The third-order valence-electron chi connectivity index (χ3n) is 6.12. The number of nitrogens with one attached hydrogen (secondary N) is 1. The number of fused-ring (bicyclic) bond motifs is 1. The summed E-state index contributed by atoms with van der Waals surface area (Å²) in [6.45, 7) is 2.65. The van der Waals surface area contributed by atoms with Crippen LogP contribution in [-0.4, -0.2) is 47.3 Å². The van der Waals surface area contributed by atoms with Crippen LogP contribution in [0.1, 0.15) is 30.2 Å². The molecule has 0 unspecified atom stereocenters. The fourth-order valence-corrected chi connectivity index (χ4v) is 4.44. The summed E-state index contributed by atoms with van der Waals surface area (Å²) in [7, 11) is 3.36. The Morgan fingerprint density at radius 3 is 2.74 bits per heavy atom. The maximum atomic E-state index is 5.53. The van der Waals surface area contributed by atoms with Gasteiger partial charge in [0.05, 0.1) is 26.3 Å². The first-order chi connectivity index (χ1) is 15.2. The number of aromatic amines is 1. The van der Waals surface area contributed by atoms with Crippen molar-refractivity contribution in [3.8, 4) is 22.9 Å². The number of nitrogens with zero attached hydrogens (tertiary/aromatic N) is 3. The highest BCUT2D eigenvalue weighted by Gasteiger charge is 2.24. The summed E-state index contributed by atoms with van der Waals surface area (Å²) in [6.07, 6.45) is 4.34. The zero-order valence-electron chi connectivity index (χ0n) is 17.8. The predicted molar refractivity (Wildman–Crippen MR) is 118 cm³/mol. The first-order valence-electron chi connectivity index (χ1n) is 10.6. The molecule has 2 aromatic heterocycles. The minimum absolute atomic E-state index is 0.531. The van der Waals surface area contributed by atoms with Gasteiger partial charge in [-0.15, -0.1) is 0 Å². The topological polar surface area (TPSA) is 76.4 Å². The number of aromatic nitrogens is 3. The van der Waals surface area contributed by atoms with Crippen molar-refractivity contribution < 1.29 is 14.0 Å². The van der Waals surface area contributed by atoms with Gasteiger partial charge in [0.1, 0.15) is 11.5 Å². The minimum atomic E-state index is 0.531. The molecular weight excluding hydrogens is 392 g/mol. The van der Waals surface area contributed by atoms with Crippen LogP contribution in [0.5, 0.6) is 11.5 Å². The number of benzene rings is 2. The van der Waals surface area contributed by atoms with Crippen molar-refractivity contribution in [2.45, 2.75) is 25.3 Å². The summed E-state index contributed by atoms with van der Waals surface area (Å²) in [4.78, 5) is 10.4. The number of likely N-dealkylation sites (tertiary alicyclic amines) is 1. The molecule has 0 bridgehead atoms. The number of methoxy groups -OCH3 is 2. The van der Waals surface area contributed by atoms with E-state index in [1.807, 2.05) is 30.3 Å². The number of hydrogen-bond donors (Lipinski definition) is 1. The van der Waals surface area contributed by atoms with E-state index in [1.54, 1.807) is 14.2 Å². The maximum absolute atomic E-state index is 5.53. The first-order valence-corrected chi connectivity index (χ1v) is 10.6. The molecule has 1 aliphatic heterocycles. The van der Waals surface area contributed by atoms with Gasteiger partial charge in [-0.2, -0.15) is 4.98 Å². The van der Waals surface area contributed by atoms with E-state index in [0.29, 0.717) is 24.2 Å². The van der Waals surface area contributed by atoms with Crippen molar-refractivity contribution >= 4 is 10.9 Å². The molecular formula is C24H26N4O3. The zero-order valence-corrected chi connectivity index (χ0v) is 17.8. The zero-order chi connectivity index (χ0) is 21.2. The van der Waals surface area contributed by atoms with Crippen LogP contribution >= 0.6 is 0 Å². The summed E-state index contributed by atoms with van der Waals surface area (Å²) in [5.41, 5.74) is 3.38. The molecule has 1 fully saturated rings. The molecule has 7 heteroatoms. The Morgan fingerprint density at radius 2 is 1.94 bits per heavy atom. The minimum Gasteiger partial charge on any atom is -0.497 e. The Hall–Kier alpha value is -3.32. The number of H-pyrrole nitrogens is 1. The Balaban J connectivity index is 1.24. The smallest absolute Gasteiger partial charge is 0.241 e. The van der Waals surface area contributed by atoms with Gasteiger partial charge in [-0.3, -0.25) is 4.90 Å². The highest BCUT2D eigenvalue weighted by atomic mass is 16.5. The molecule has 0 atom stereocenters. The predicted octanol–water partition coefficient (Wildman–Crippen LogP) is 4.61. The number of para-hydroxylation sites is 1. The fourth-order valence-electron chi connectivity index (χ4n) is 4.44. The average molecular weight is 418 g/mol. The first kappa shape index (κ1) is 19.6. The molecule has 0 radical (unpaired) electrons. The largest absolute Gasteiger partial charge is 0.497 e. The Morgan fingerprint density at radius 1 is 1.10 bits per heavy atom. The van der Waals surface area contributed by atoms with Crippen molar-refractivity contribution in [2.75, 3.05) is 27.3 Å². The molecule has 0 aliphatic carbocycles. The molecule has 3 heterocycles. The second-order valence-electron chi connectivity index (χ2n) is 7.92. The van der Waals surface area contributed by atoms with Gasteiger partial charge < -0.3 is 19.0 Å². The lowest BCUT2D eigenvalue weighted by molar-refractivity contribution is 0.181. The van der Waals surface area contributed by atoms with E-state index in [2.05, 4.69) is 38.4 Å². The third-order valence-corrected chi connectivity index (χ3v) is 6.12. The van der Waals surface area contributed by atoms with Crippen LogP contribution < -0.4 is 9.47 Å². The molecule has 0 spiro atoms. The van der Waals surface area contributed by atoms with E-state index in [-0.39, 0.29) is 0 Å². The second kappa shape index (κ2) is 8.43. The number of piperidine rings is 1. The SMILES string of the molecule is COc1ccc2[nH]cc(C3CCN(Cc4nc(-c5ccccc5OC)no4)CC3)c2c1. The van der Waals surface area contributed by atoms with Crippen LogP contribution in [0.25, 0.3) is 22.3 Å². The van der Waals surface area contributed by atoms with E-state index >= 15 is 0 Å². The lowest BCUT2D eigenvalue weighted by atomic mass is 9.89. The van der Waals surface area contributed by atoms with Gasteiger partial charge >= 0.3 is 0 Å². The normalized spacial score (nSPS) is 15.4. The maximum Gasteiger partial charge on any atom is 0.241 e. The fraction of sp³-hybridized carbons (Fsp3) is 0.333. The van der Waals surface area contributed by atoms with Crippen molar-refractivity contribution in [3.63, 3.8) is 0 Å². The van der Waals surface area contributed by atoms with Crippen molar-refractivity contribution in [2.24, 2.45) is 0 Å². The molecule has 7 nitrogen and oxygen atoms in total. The van der Waals surface area contributed by atoms with E-state index in [4.69, 9.17) is 14.0 Å². The average Bonchev–Trinajstić information content (AvgIpc) is 3.46. The molecule has 160 valence electrons. The van der Waals surface area contributed by atoms with Crippen molar-refractivity contribution in [3.05, 3.63) is 60.1 Å². The molecule has 1 saturated heterocycles. The van der Waals surface area contributed by atoms with E-state index in [1.165, 1.54) is 10.9 Å². The molecule has 1 N–H and O–H groups in total. The van der Waals surface area contributed by atoms with Gasteiger partial charge in [-0.05, 0) is 67.7 Å². The molecule has 1 aliphatic rings. The molecule has 0 saturated carbocycles. The number of hydrogen-bond acceptors (Lipinski definition) is 6. The summed E-state index contributed by atoms with van der Waals surface area (Å²) in [5.74, 6) is 3.37. The summed E-state index contributed by atoms with van der Waals surface area (Å²) in [6, 6.07) is 13.9. The Kier molecular flexibility index (Phi) is 5.34. The molecule has 4 aromatic rings. The van der Waals surface area contributed by atoms with E-state index in [9.17, 15) is 0 Å². The second-order valence-corrected chi connectivity index (χ2v) is 7.92. The molecule has 2 aromatic carbocycles. The van der Waals surface area contributed by atoms with Gasteiger partial charge in [-0.25, -0.2) is 0 Å². The van der Waals surface area contributed by atoms with Crippen LogP contribution in [0.2, 0.25) is 0 Å². The number of ether oxygens (including phenoxy) is 2. The lowest BCUT2D eigenvalue weighted by Crippen LogP contribution is -2.32. The third kappa shape index (κ3) is 3.88. The van der Waals surface area contributed by atoms with Crippen LogP contribution in [0.3, 0.4) is 0 Å². The number of rotatable bonds is 6. The van der Waals surface area contributed by atoms with Crippen molar-refractivity contribution in [1.29, 1.82) is 0 Å². The highest BCUT2D eigenvalue weighted by Crippen LogP contribution is 2.35. The van der Waals surface area contributed by atoms with Crippen LogP contribution in [0, 0.1) is 0 Å². The van der Waals surface area contributed by atoms with Crippen LogP contribution in [0.15, 0.2) is 53.2 Å². The van der Waals surface area contributed by atoms with Crippen LogP contribution in [0.4, 0.5) is 0 Å². The standard InChI is InChI=1S/C24H26N4O3/c1-29-17-7-8-21-19(13-17)20(14-25-21)16-9-11-28(12-10-16)15-23-26-24(27-31-23)18-5-3-4-6-22(18)30-2/h3-8,13-14,16,25H,9-12,15H2,1-2H3. The Bertz CT molecular complexity index is 1170. The van der Waals surface area contributed by atoms with Gasteiger partial charge in [0.25, 0.3) is 0 Å². The quantitative estimate of drug-likeness (QED) is 0.493. The monoisotopic (exact) mass is 418 g/mol. The van der Waals surface area contributed by atoms with Crippen LogP contribution in [-0.2, 0) is 6.54 Å². The van der Waals surface area contributed by atoms with Gasteiger partial charge in [-0.1, -0.05) is 17.3 Å². The van der Waals surface area contributed by atoms with E-state index in [0.717, 1.165) is 48.5 Å².